The first-order valence-corrected chi connectivity index (χ1v) is 8.39. The Hall–Kier alpha value is -1.89. The number of H-pyrrole nitrogens is 1. The lowest BCUT2D eigenvalue weighted by atomic mass is 10.1. The number of rotatable bonds is 1. The summed E-state index contributed by atoms with van der Waals surface area (Å²) in [4.78, 5) is 31.0. The van der Waals surface area contributed by atoms with Crippen LogP contribution in [0.4, 0.5) is 4.39 Å². The van der Waals surface area contributed by atoms with E-state index in [1.54, 1.807) is 17.0 Å². The number of benzene rings is 1. The second-order valence-corrected chi connectivity index (χ2v) is 6.98. The number of carbonyl (C=O) groups is 2. The van der Waals surface area contributed by atoms with E-state index >= 15 is 0 Å². The van der Waals surface area contributed by atoms with Crippen LogP contribution in [0.3, 0.4) is 0 Å². The summed E-state index contributed by atoms with van der Waals surface area (Å²) in [5.74, 6) is -0.328. The van der Waals surface area contributed by atoms with Crippen LogP contribution < -0.4 is 0 Å². The van der Waals surface area contributed by atoms with Crippen molar-refractivity contribution >= 4 is 38.6 Å². The Morgan fingerprint density at radius 3 is 2.96 bits per heavy atom. The van der Waals surface area contributed by atoms with E-state index in [2.05, 4.69) is 20.9 Å². The molecule has 2 saturated heterocycles. The average Bonchev–Trinajstić information content (AvgIpc) is 3.10. The van der Waals surface area contributed by atoms with Crippen molar-refractivity contribution in [3.8, 4) is 0 Å². The lowest BCUT2D eigenvalue weighted by molar-refractivity contribution is -0.130. The van der Waals surface area contributed by atoms with Gasteiger partial charge in [-0.15, -0.1) is 0 Å². The van der Waals surface area contributed by atoms with Crippen molar-refractivity contribution in [1.29, 1.82) is 0 Å². The fourth-order valence-electron chi connectivity index (χ4n) is 3.49. The lowest BCUT2D eigenvalue weighted by Crippen LogP contribution is -2.53. The molecule has 2 fully saturated rings. The van der Waals surface area contributed by atoms with Crippen molar-refractivity contribution in [3.05, 3.63) is 34.2 Å². The number of aromatic nitrogens is 1. The molecule has 2 aromatic rings. The van der Waals surface area contributed by atoms with E-state index < -0.39 is 0 Å². The summed E-state index contributed by atoms with van der Waals surface area (Å²) >= 11 is 3.25. The quantitative estimate of drug-likeness (QED) is 0.827. The molecule has 1 aromatic carbocycles. The van der Waals surface area contributed by atoms with Gasteiger partial charge in [-0.2, -0.15) is 0 Å². The molecule has 120 valence electrons. The average molecular weight is 380 g/mol. The zero-order valence-electron chi connectivity index (χ0n) is 12.3. The number of piperazine rings is 1. The van der Waals surface area contributed by atoms with Gasteiger partial charge in [0, 0.05) is 42.0 Å². The summed E-state index contributed by atoms with van der Waals surface area (Å²) in [7, 11) is 0. The topological polar surface area (TPSA) is 56.4 Å². The number of amides is 2. The van der Waals surface area contributed by atoms with Crippen LogP contribution in [-0.2, 0) is 4.79 Å². The zero-order chi connectivity index (χ0) is 16.1. The number of fused-ring (bicyclic) bond motifs is 2. The van der Waals surface area contributed by atoms with Crippen molar-refractivity contribution in [3.63, 3.8) is 0 Å². The van der Waals surface area contributed by atoms with Crippen LogP contribution in [0.2, 0.25) is 0 Å². The molecule has 0 saturated carbocycles. The van der Waals surface area contributed by atoms with Gasteiger partial charge in [-0.25, -0.2) is 4.39 Å². The predicted octanol–water partition coefficient (Wildman–Crippen LogP) is 2.52. The van der Waals surface area contributed by atoms with Crippen LogP contribution in [0.25, 0.3) is 10.9 Å². The van der Waals surface area contributed by atoms with Gasteiger partial charge in [0.05, 0.1) is 5.52 Å². The summed E-state index contributed by atoms with van der Waals surface area (Å²) in [6.07, 6.45) is 1.37. The van der Waals surface area contributed by atoms with Crippen LogP contribution in [0.1, 0.15) is 23.3 Å². The third-order valence-corrected chi connectivity index (χ3v) is 5.12. The summed E-state index contributed by atoms with van der Waals surface area (Å²) in [5, 5.41) is 0.409. The van der Waals surface area contributed by atoms with Gasteiger partial charge in [0.25, 0.3) is 5.91 Å². The highest BCUT2D eigenvalue weighted by molar-refractivity contribution is 9.10. The van der Waals surface area contributed by atoms with E-state index in [0.717, 1.165) is 6.42 Å². The smallest absolute Gasteiger partial charge is 0.270 e. The molecule has 7 heteroatoms. The Morgan fingerprint density at radius 2 is 2.13 bits per heavy atom. The van der Waals surface area contributed by atoms with Crippen LogP contribution in [-0.4, -0.2) is 52.3 Å². The second-order valence-electron chi connectivity index (χ2n) is 6.06. The molecule has 2 amide bonds. The molecule has 0 bridgehead atoms. The first-order chi connectivity index (χ1) is 11.0. The van der Waals surface area contributed by atoms with E-state index in [-0.39, 0.29) is 23.7 Å². The fraction of sp³-hybridized carbons (Fsp3) is 0.375. The Kier molecular flexibility index (Phi) is 3.41. The Balaban J connectivity index is 1.60. The first-order valence-electron chi connectivity index (χ1n) is 7.59. The minimum atomic E-state index is -0.365. The molecule has 2 aliphatic rings. The highest BCUT2D eigenvalue weighted by Crippen LogP contribution is 2.26. The van der Waals surface area contributed by atoms with Crippen molar-refractivity contribution in [1.82, 2.24) is 14.8 Å². The molecule has 1 unspecified atom stereocenters. The van der Waals surface area contributed by atoms with Gasteiger partial charge in [0.1, 0.15) is 11.5 Å². The zero-order valence-corrected chi connectivity index (χ0v) is 13.9. The van der Waals surface area contributed by atoms with E-state index in [1.807, 2.05) is 4.90 Å². The molecule has 0 radical (unpaired) electrons. The van der Waals surface area contributed by atoms with Crippen LogP contribution in [0.15, 0.2) is 22.7 Å². The van der Waals surface area contributed by atoms with E-state index in [0.29, 0.717) is 47.1 Å². The monoisotopic (exact) mass is 379 g/mol. The van der Waals surface area contributed by atoms with Crippen LogP contribution in [0, 0.1) is 5.82 Å². The largest absolute Gasteiger partial charge is 0.350 e. The van der Waals surface area contributed by atoms with Gasteiger partial charge < -0.3 is 14.8 Å². The lowest BCUT2D eigenvalue weighted by Gasteiger charge is -2.37. The number of hydrogen-bond donors (Lipinski definition) is 1. The summed E-state index contributed by atoms with van der Waals surface area (Å²) in [6, 6.07) is 4.82. The summed E-state index contributed by atoms with van der Waals surface area (Å²) in [6.45, 7) is 1.64. The van der Waals surface area contributed by atoms with Gasteiger partial charge in [0.2, 0.25) is 5.91 Å². The molecule has 0 spiro atoms. The minimum absolute atomic E-state index is 0.121. The maximum absolute atomic E-state index is 14.0. The molecule has 23 heavy (non-hydrogen) atoms. The number of halogens is 2. The highest BCUT2D eigenvalue weighted by Gasteiger charge is 2.37. The molecule has 3 heterocycles. The fourth-order valence-corrected chi connectivity index (χ4v) is 3.92. The number of hydrogen-bond acceptors (Lipinski definition) is 2. The molecule has 1 aromatic heterocycles. The van der Waals surface area contributed by atoms with Crippen molar-refractivity contribution in [2.75, 3.05) is 19.6 Å². The SMILES string of the molecule is O=C(c1cc2c(F)cc(Br)cc2[nH]1)N1CCN2C(=O)CCC2C1. The number of nitrogens with zero attached hydrogens (tertiary/aromatic N) is 2. The van der Waals surface area contributed by atoms with Crippen LogP contribution in [0.5, 0.6) is 0 Å². The van der Waals surface area contributed by atoms with E-state index in [4.69, 9.17) is 0 Å². The summed E-state index contributed by atoms with van der Waals surface area (Å²) in [5.41, 5.74) is 0.977. The number of carbonyl (C=O) groups excluding carboxylic acids is 2. The maximum Gasteiger partial charge on any atom is 0.270 e. The van der Waals surface area contributed by atoms with Gasteiger partial charge in [-0.3, -0.25) is 9.59 Å². The molecule has 0 aliphatic carbocycles. The molecule has 1 N–H and O–H groups in total. The summed E-state index contributed by atoms with van der Waals surface area (Å²) < 4.78 is 14.6. The molecular formula is C16H15BrFN3O2. The maximum atomic E-state index is 14.0. The van der Waals surface area contributed by atoms with E-state index in [1.165, 1.54) is 6.07 Å². The molecule has 5 nitrogen and oxygen atoms in total. The standard InChI is InChI=1S/C16H15BrFN3O2/c17-9-5-12(18)11-7-14(19-13(11)6-9)16(23)20-3-4-21-10(8-20)1-2-15(21)22/h5-7,10,19H,1-4,8H2. The first kappa shape index (κ1) is 14.7. The third kappa shape index (κ3) is 2.43. The molecular weight excluding hydrogens is 365 g/mol. The van der Waals surface area contributed by atoms with Gasteiger partial charge in [-0.1, -0.05) is 15.9 Å². The van der Waals surface area contributed by atoms with Gasteiger partial charge >= 0.3 is 0 Å². The Morgan fingerprint density at radius 1 is 1.30 bits per heavy atom. The number of nitrogens with one attached hydrogen (secondary N) is 1. The second kappa shape index (κ2) is 5.33. The Labute approximate surface area is 140 Å². The normalized spacial score (nSPS) is 21.1. The molecule has 2 aliphatic heterocycles. The van der Waals surface area contributed by atoms with Gasteiger partial charge in [-0.05, 0) is 24.6 Å². The van der Waals surface area contributed by atoms with Crippen molar-refractivity contribution in [2.45, 2.75) is 18.9 Å². The Bertz CT molecular complexity index is 819. The minimum Gasteiger partial charge on any atom is -0.350 e. The van der Waals surface area contributed by atoms with Gasteiger partial charge in [0.15, 0.2) is 0 Å². The van der Waals surface area contributed by atoms with Crippen molar-refractivity contribution < 1.29 is 14.0 Å². The van der Waals surface area contributed by atoms with E-state index in [9.17, 15) is 14.0 Å². The van der Waals surface area contributed by atoms with Crippen molar-refractivity contribution in [2.24, 2.45) is 0 Å². The van der Waals surface area contributed by atoms with Crippen LogP contribution >= 0.6 is 15.9 Å². The third-order valence-electron chi connectivity index (χ3n) is 4.66. The molecule has 4 rings (SSSR count). The number of aromatic amines is 1. The highest BCUT2D eigenvalue weighted by atomic mass is 79.9. The molecule has 1 atom stereocenters. The predicted molar refractivity (Wildman–Crippen MR) is 86.6 cm³/mol.